The zero-order chi connectivity index (χ0) is 19.4. The third-order valence-corrected chi connectivity index (χ3v) is 5.81. The van der Waals surface area contributed by atoms with E-state index in [9.17, 15) is 4.79 Å². The van der Waals surface area contributed by atoms with Gasteiger partial charge in [0, 0.05) is 44.6 Å². The van der Waals surface area contributed by atoms with E-state index in [0.29, 0.717) is 24.0 Å². The smallest absolute Gasteiger partial charge is 0.243 e. The van der Waals surface area contributed by atoms with Crippen LogP contribution in [0.25, 0.3) is 0 Å². The fraction of sp³-hybridized carbons (Fsp3) is 0.619. The number of likely N-dealkylation sites (N-methyl/N-ethyl adjacent to an activating group) is 1. The summed E-state index contributed by atoms with van der Waals surface area (Å²) in [6.07, 6.45) is 2.32. The van der Waals surface area contributed by atoms with Crippen molar-refractivity contribution in [2.45, 2.75) is 38.8 Å². The Bertz CT molecular complexity index is 672. The van der Waals surface area contributed by atoms with Gasteiger partial charge in [-0.2, -0.15) is 0 Å². The molecule has 1 aromatic carbocycles. The van der Waals surface area contributed by atoms with E-state index >= 15 is 0 Å². The molecule has 3 unspecified atom stereocenters. The van der Waals surface area contributed by atoms with Gasteiger partial charge in [-0.05, 0) is 18.4 Å². The van der Waals surface area contributed by atoms with Crippen LogP contribution in [-0.4, -0.2) is 62.7 Å². The Morgan fingerprint density at radius 2 is 2.04 bits per heavy atom. The lowest BCUT2D eigenvalue weighted by Gasteiger charge is -2.54. The lowest BCUT2D eigenvalue weighted by Crippen LogP contribution is -2.68. The molecule has 148 valence electrons. The van der Waals surface area contributed by atoms with Gasteiger partial charge in [-0.25, -0.2) is 4.99 Å². The highest BCUT2D eigenvalue weighted by molar-refractivity contribution is 5.85. The SMILES string of the molecule is CN(C)C(=O)CN=C(NCCc1ccccc1)NC1C2CCOC2C1(C)C. The molecule has 1 saturated heterocycles. The van der Waals surface area contributed by atoms with E-state index in [4.69, 9.17) is 4.74 Å². The summed E-state index contributed by atoms with van der Waals surface area (Å²) in [5, 5.41) is 6.99. The number of ether oxygens (including phenoxy) is 1. The average molecular weight is 373 g/mol. The van der Waals surface area contributed by atoms with Crippen LogP contribution in [0.1, 0.15) is 25.8 Å². The van der Waals surface area contributed by atoms with Gasteiger partial charge >= 0.3 is 0 Å². The van der Waals surface area contributed by atoms with E-state index < -0.39 is 0 Å². The standard InChI is InChI=1S/C21H32N4O2/c1-21(2)18(16-11-13-27-19(16)21)24-20(23-14-17(26)25(3)4)22-12-10-15-8-6-5-7-9-15/h5-9,16,18-19H,10-14H2,1-4H3,(H2,22,23,24). The van der Waals surface area contributed by atoms with E-state index in [1.165, 1.54) is 5.56 Å². The van der Waals surface area contributed by atoms with Crippen molar-refractivity contribution < 1.29 is 9.53 Å². The molecule has 1 aromatic rings. The Kier molecular flexibility index (Phi) is 6.05. The predicted molar refractivity (Wildman–Crippen MR) is 108 cm³/mol. The van der Waals surface area contributed by atoms with Gasteiger partial charge < -0.3 is 20.3 Å². The van der Waals surface area contributed by atoms with E-state index in [2.05, 4.69) is 53.7 Å². The van der Waals surface area contributed by atoms with E-state index in [0.717, 1.165) is 26.0 Å². The Hall–Kier alpha value is -2.08. The summed E-state index contributed by atoms with van der Waals surface area (Å²) in [7, 11) is 3.51. The van der Waals surface area contributed by atoms with Crippen LogP contribution in [0.3, 0.4) is 0 Å². The molecule has 6 heteroatoms. The molecule has 3 rings (SSSR count). The van der Waals surface area contributed by atoms with Crippen molar-refractivity contribution in [2.75, 3.05) is 33.8 Å². The van der Waals surface area contributed by atoms with Gasteiger partial charge in [-0.15, -0.1) is 0 Å². The third-order valence-electron chi connectivity index (χ3n) is 5.81. The molecule has 6 nitrogen and oxygen atoms in total. The molecule has 2 fully saturated rings. The molecule has 2 aliphatic rings. The molecule has 0 spiro atoms. The fourth-order valence-electron chi connectivity index (χ4n) is 4.18. The maximum Gasteiger partial charge on any atom is 0.243 e. The average Bonchev–Trinajstić information content (AvgIpc) is 3.11. The van der Waals surface area contributed by atoms with Crippen LogP contribution >= 0.6 is 0 Å². The monoisotopic (exact) mass is 372 g/mol. The Labute approximate surface area is 162 Å². The molecule has 2 N–H and O–H groups in total. The molecule has 0 radical (unpaired) electrons. The van der Waals surface area contributed by atoms with Crippen LogP contribution in [0.5, 0.6) is 0 Å². The minimum absolute atomic E-state index is 0.00546. The number of carbonyl (C=O) groups is 1. The zero-order valence-electron chi connectivity index (χ0n) is 16.9. The molecule has 3 atom stereocenters. The number of rotatable bonds is 6. The number of hydrogen-bond donors (Lipinski definition) is 2. The van der Waals surface area contributed by atoms with Crippen molar-refractivity contribution >= 4 is 11.9 Å². The molecule has 1 aliphatic carbocycles. The number of aliphatic imine (C=N–C) groups is 1. The molecule has 0 bridgehead atoms. The van der Waals surface area contributed by atoms with Crippen molar-refractivity contribution in [2.24, 2.45) is 16.3 Å². The van der Waals surface area contributed by atoms with Crippen LogP contribution in [0.2, 0.25) is 0 Å². The second-order valence-electron chi connectivity index (χ2n) is 8.30. The summed E-state index contributed by atoms with van der Waals surface area (Å²) in [6, 6.07) is 10.7. The highest BCUT2D eigenvalue weighted by Gasteiger charge is 2.59. The highest BCUT2D eigenvalue weighted by atomic mass is 16.5. The summed E-state index contributed by atoms with van der Waals surface area (Å²) in [6.45, 7) is 6.23. The first-order chi connectivity index (χ1) is 12.9. The molecule has 0 aromatic heterocycles. The first-order valence-electron chi connectivity index (χ1n) is 9.80. The van der Waals surface area contributed by atoms with Gasteiger partial charge in [-0.1, -0.05) is 44.2 Å². The highest BCUT2D eigenvalue weighted by Crippen LogP contribution is 2.52. The van der Waals surface area contributed by atoms with Crippen LogP contribution in [0, 0.1) is 11.3 Å². The summed E-state index contributed by atoms with van der Waals surface area (Å²) in [5.41, 5.74) is 1.34. The number of nitrogens with one attached hydrogen (secondary N) is 2. The molecular formula is C21H32N4O2. The van der Waals surface area contributed by atoms with Crippen molar-refractivity contribution in [3.8, 4) is 0 Å². The predicted octanol–water partition coefficient (Wildman–Crippen LogP) is 1.67. The largest absolute Gasteiger partial charge is 0.377 e. The molecule has 1 aliphatic heterocycles. The van der Waals surface area contributed by atoms with Gasteiger partial charge in [-0.3, -0.25) is 4.79 Å². The Morgan fingerprint density at radius 3 is 2.74 bits per heavy atom. The maximum absolute atomic E-state index is 12.0. The van der Waals surface area contributed by atoms with Gasteiger partial charge in [0.25, 0.3) is 0 Å². The number of fused-ring (bicyclic) bond motifs is 1. The molecular weight excluding hydrogens is 340 g/mol. The van der Waals surface area contributed by atoms with Crippen molar-refractivity contribution in [1.82, 2.24) is 15.5 Å². The number of nitrogens with zero attached hydrogens (tertiary/aromatic N) is 2. The molecule has 1 heterocycles. The van der Waals surface area contributed by atoms with E-state index in [1.54, 1.807) is 19.0 Å². The van der Waals surface area contributed by atoms with E-state index in [-0.39, 0.29) is 17.9 Å². The maximum atomic E-state index is 12.0. The van der Waals surface area contributed by atoms with Gasteiger partial charge in [0.15, 0.2) is 5.96 Å². The van der Waals surface area contributed by atoms with Gasteiger partial charge in [0.05, 0.1) is 6.10 Å². The number of benzene rings is 1. The fourth-order valence-corrected chi connectivity index (χ4v) is 4.18. The minimum atomic E-state index is -0.00546. The van der Waals surface area contributed by atoms with Crippen LogP contribution in [0.4, 0.5) is 0 Å². The number of carbonyl (C=O) groups excluding carboxylic acids is 1. The quantitative estimate of drug-likeness (QED) is 0.589. The summed E-state index contributed by atoms with van der Waals surface area (Å²) in [4.78, 5) is 18.1. The summed E-state index contributed by atoms with van der Waals surface area (Å²) in [5.74, 6) is 1.23. The van der Waals surface area contributed by atoms with Crippen LogP contribution < -0.4 is 10.6 Å². The van der Waals surface area contributed by atoms with Crippen molar-refractivity contribution in [1.29, 1.82) is 0 Å². The Morgan fingerprint density at radius 1 is 1.30 bits per heavy atom. The van der Waals surface area contributed by atoms with Gasteiger partial charge in [0.2, 0.25) is 5.91 Å². The molecule has 27 heavy (non-hydrogen) atoms. The molecule has 1 saturated carbocycles. The third kappa shape index (κ3) is 4.43. The van der Waals surface area contributed by atoms with Crippen molar-refractivity contribution in [3.63, 3.8) is 0 Å². The van der Waals surface area contributed by atoms with Crippen LogP contribution in [-0.2, 0) is 16.0 Å². The molecule has 1 amide bonds. The van der Waals surface area contributed by atoms with E-state index in [1.807, 2.05) is 6.07 Å². The lowest BCUT2D eigenvalue weighted by molar-refractivity contribution is -0.127. The summed E-state index contributed by atoms with van der Waals surface area (Å²) < 4.78 is 5.89. The first-order valence-corrected chi connectivity index (χ1v) is 9.80. The zero-order valence-corrected chi connectivity index (χ0v) is 16.9. The number of guanidine groups is 1. The van der Waals surface area contributed by atoms with Crippen LogP contribution in [0.15, 0.2) is 35.3 Å². The second kappa shape index (κ2) is 8.30. The van der Waals surface area contributed by atoms with Gasteiger partial charge in [0.1, 0.15) is 6.54 Å². The lowest BCUT2D eigenvalue weighted by atomic mass is 9.57. The number of amides is 1. The first kappa shape index (κ1) is 19.7. The number of hydrogen-bond acceptors (Lipinski definition) is 3. The minimum Gasteiger partial charge on any atom is -0.377 e. The topological polar surface area (TPSA) is 66.0 Å². The summed E-state index contributed by atoms with van der Waals surface area (Å²) >= 11 is 0. The van der Waals surface area contributed by atoms with Crippen molar-refractivity contribution in [3.05, 3.63) is 35.9 Å². The normalized spacial score (nSPS) is 26.1. The Balaban J connectivity index is 1.62. The second-order valence-corrected chi connectivity index (χ2v) is 8.30.